The molecule has 1 fully saturated rings. The van der Waals surface area contributed by atoms with Crippen LogP contribution in [0.4, 0.5) is 4.39 Å². The van der Waals surface area contributed by atoms with Crippen LogP contribution in [0.15, 0.2) is 40.8 Å². The third-order valence-corrected chi connectivity index (χ3v) is 4.75. The quantitative estimate of drug-likeness (QED) is 0.829. The molecule has 21 heavy (non-hydrogen) atoms. The predicted molar refractivity (Wildman–Crippen MR) is 82.4 cm³/mol. The van der Waals surface area contributed by atoms with E-state index in [0.717, 1.165) is 30.2 Å². The van der Waals surface area contributed by atoms with E-state index < -0.39 is 0 Å². The van der Waals surface area contributed by atoms with Crippen molar-refractivity contribution in [3.05, 3.63) is 48.0 Å². The minimum absolute atomic E-state index is 0.224. The van der Waals surface area contributed by atoms with Crippen molar-refractivity contribution < 1.29 is 8.81 Å². The van der Waals surface area contributed by atoms with Gasteiger partial charge in [0.15, 0.2) is 0 Å². The third kappa shape index (κ3) is 3.18. The average molecular weight is 287 g/mol. The van der Waals surface area contributed by atoms with Gasteiger partial charge in [0.2, 0.25) is 0 Å². The molecule has 0 radical (unpaired) electrons. The zero-order chi connectivity index (χ0) is 14.7. The van der Waals surface area contributed by atoms with Crippen molar-refractivity contribution in [3.8, 4) is 11.3 Å². The van der Waals surface area contributed by atoms with Crippen molar-refractivity contribution in [1.29, 1.82) is 0 Å². The van der Waals surface area contributed by atoms with Gasteiger partial charge in [-0.05, 0) is 61.1 Å². The monoisotopic (exact) mass is 287 g/mol. The molecule has 1 aromatic carbocycles. The molecule has 3 heteroatoms. The summed E-state index contributed by atoms with van der Waals surface area (Å²) in [6.07, 6.45) is 5.30. The molecule has 0 aliphatic heterocycles. The van der Waals surface area contributed by atoms with Gasteiger partial charge in [0.25, 0.3) is 0 Å². The van der Waals surface area contributed by atoms with E-state index in [0.29, 0.717) is 5.41 Å². The number of hydrogen-bond acceptors (Lipinski definition) is 2. The van der Waals surface area contributed by atoms with Gasteiger partial charge in [0, 0.05) is 12.1 Å². The normalized spacial score (nSPS) is 16.7. The van der Waals surface area contributed by atoms with Crippen molar-refractivity contribution in [2.45, 2.75) is 39.2 Å². The second-order valence-corrected chi connectivity index (χ2v) is 6.08. The first kappa shape index (κ1) is 14.3. The smallest absolute Gasteiger partial charge is 0.134 e. The van der Waals surface area contributed by atoms with Gasteiger partial charge in [-0.1, -0.05) is 13.3 Å². The maximum absolute atomic E-state index is 12.9. The van der Waals surface area contributed by atoms with Crippen molar-refractivity contribution in [2.75, 3.05) is 6.54 Å². The lowest BCUT2D eigenvalue weighted by molar-refractivity contribution is 0.123. The molecular weight excluding hydrogens is 265 g/mol. The van der Waals surface area contributed by atoms with Crippen LogP contribution in [-0.2, 0) is 6.54 Å². The first-order valence-corrected chi connectivity index (χ1v) is 7.76. The molecule has 0 amide bonds. The Bertz CT molecular complexity index is 578. The van der Waals surface area contributed by atoms with Gasteiger partial charge in [0.05, 0.1) is 6.54 Å². The molecule has 1 saturated carbocycles. The van der Waals surface area contributed by atoms with Crippen LogP contribution in [-0.4, -0.2) is 6.54 Å². The van der Waals surface area contributed by atoms with Crippen LogP contribution in [0, 0.1) is 11.2 Å². The van der Waals surface area contributed by atoms with E-state index in [2.05, 4.69) is 12.2 Å². The molecule has 1 N–H and O–H groups in total. The highest BCUT2D eigenvalue weighted by Gasteiger charge is 2.34. The van der Waals surface area contributed by atoms with Crippen molar-refractivity contribution in [1.82, 2.24) is 5.32 Å². The fourth-order valence-corrected chi connectivity index (χ4v) is 3.03. The third-order valence-electron chi connectivity index (χ3n) is 4.75. The van der Waals surface area contributed by atoms with E-state index in [-0.39, 0.29) is 5.82 Å². The second kappa shape index (κ2) is 6.02. The molecule has 2 nitrogen and oxygen atoms in total. The summed E-state index contributed by atoms with van der Waals surface area (Å²) in [5, 5.41) is 3.52. The minimum Gasteiger partial charge on any atom is -0.460 e. The van der Waals surface area contributed by atoms with Gasteiger partial charge < -0.3 is 9.73 Å². The summed E-state index contributed by atoms with van der Waals surface area (Å²) >= 11 is 0. The minimum atomic E-state index is -0.224. The largest absolute Gasteiger partial charge is 0.460 e. The Labute approximate surface area is 125 Å². The fourth-order valence-electron chi connectivity index (χ4n) is 3.03. The topological polar surface area (TPSA) is 25.2 Å². The summed E-state index contributed by atoms with van der Waals surface area (Å²) in [4.78, 5) is 0. The Balaban J connectivity index is 1.56. The molecule has 0 saturated heterocycles. The van der Waals surface area contributed by atoms with Gasteiger partial charge in [-0.2, -0.15) is 0 Å². The Morgan fingerprint density at radius 3 is 2.52 bits per heavy atom. The van der Waals surface area contributed by atoms with Crippen LogP contribution in [0.1, 0.15) is 38.4 Å². The molecule has 112 valence electrons. The fraction of sp³-hybridized carbons (Fsp3) is 0.444. The van der Waals surface area contributed by atoms with Crippen molar-refractivity contribution >= 4 is 0 Å². The zero-order valence-corrected chi connectivity index (χ0v) is 12.5. The predicted octanol–water partition coefficient (Wildman–Crippen LogP) is 4.76. The summed E-state index contributed by atoms with van der Waals surface area (Å²) in [6, 6.07) is 10.3. The Morgan fingerprint density at radius 1 is 1.14 bits per heavy atom. The molecule has 1 aliphatic rings. The molecule has 1 aliphatic carbocycles. The maximum atomic E-state index is 12.9. The van der Waals surface area contributed by atoms with Crippen molar-refractivity contribution in [2.24, 2.45) is 5.41 Å². The standard InChI is InChI=1S/C18H22FNO/c1-2-18(10-3-11-18)13-20-12-16-8-9-17(21-16)14-4-6-15(19)7-5-14/h4-9,20H,2-3,10-13H2,1H3. The molecule has 0 spiro atoms. The summed E-state index contributed by atoms with van der Waals surface area (Å²) in [5.41, 5.74) is 1.43. The highest BCUT2D eigenvalue weighted by molar-refractivity contribution is 5.57. The summed E-state index contributed by atoms with van der Waals surface area (Å²) in [5.74, 6) is 1.50. The molecule has 3 rings (SSSR count). The van der Waals surface area contributed by atoms with E-state index in [1.807, 2.05) is 12.1 Å². The highest BCUT2D eigenvalue weighted by Crippen LogP contribution is 2.43. The zero-order valence-electron chi connectivity index (χ0n) is 12.5. The lowest BCUT2D eigenvalue weighted by Gasteiger charge is -2.41. The molecule has 1 heterocycles. The molecular formula is C18H22FNO. The maximum Gasteiger partial charge on any atom is 0.134 e. The van der Waals surface area contributed by atoms with Gasteiger partial charge in [0.1, 0.15) is 17.3 Å². The Morgan fingerprint density at radius 2 is 1.90 bits per heavy atom. The van der Waals surface area contributed by atoms with E-state index in [1.54, 1.807) is 12.1 Å². The van der Waals surface area contributed by atoms with Crippen LogP contribution in [0.25, 0.3) is 11.3 Å². The number of nitrogens with one attached hydrogen (secondary N) is 1. The van der Waals surface area contributed by atoms with Crippen molar-refractivity contribution in [3.63, 3.8) is 0 Å². The molecule has 0 unspecified atom stereocenters. The number of hydrogen-bond donors (Lipinski definition) is 1. The summed E-state index contributed by atoms with van der Waals surface area (Å²) in [6.45, 7) is 4.10. The first-order valence-electron chi connectivity index (χ1n) is 7.76. The molecule has 0 bridgehead atoms. The van der Waals surface area contributed by atoms with Gasteiger partial charge >= 0.3 is 0 Å². The van der Waals surface area contributed by atoms with Gasteiger partial charge in [-0.25, -0.2) is 4.39 Å². The Hall–Kier alpha value is -1.61. The summed E-state index contributed by atoms with van der Waals surface area (Å²) in [7, 11) is 0. The van der Waals surface area contributed by atoms with Crippen LogP contribution < -0.4 is 5.32 Å². The SMILES string of the molecule is CCC1(CNCc2ccc(-c3ccc(F)cc3)o2)CCC1. The van der Waals surface area contributed by atoms with Gasteiger partial charge in [-0.15, -0.1) is 0 Å². The first-order chi connectivity index (χ1) is 10.2. The molecule has 0 atom stereocenters. The number of furan rings is 1. The lowest BCUT2D eigenvalue weighted by atomic mass is 9.67. The highest BCUT2D eigenvalue weighted by atomic mass is 19.1. The van der Waals surface area contributed by atoms with E-state index in [1.165, 1.54) is 37.8 Å². The summed E-state index contributed by atoms with van der Waals surface area (Å²) < 4.78 is 18.7. The number of rotatable bonds is 6. The van der Waals surface area contributed by atoms with E-state index in [4.69, 9.17) is 4.42 Å². The van der Waals surface area contributed by atoms with Crippen LogP contribution in [0.2, 0.25) is 0 Å². The molecule has 2 aromatic rings. The van der Waals surface area contributed by atoms with Crippen LogP contribution in [0.5, 0.6) is 0 Å². The number of benzene rings is 1. The van der Waals surface area contributed by atoms with Crippen LogP contribution >= 0.6 is 0 Å². The molecule has 1 aromatic heterocycles. The van der Waals surface area contributed by atoms with Crippen LogP contribution in [0.3, 0.4) is 0 Å². The second-order valence-electron chi connectivity index (χ2n) is 6.08. The van der Waals surface area contributed by atoms with Gasteiger partial charge in [-0.3, -0.25) is 0 Å². The number of halogens is 1. The Kier molecular flexibility index (Phi) is 4.11. The lowest BCUT2D eigenvalue weighted by Crippen LogP contribution is -2.39. The van der Waals surface area contributed by atoms with E-state index in [9.17, 15) is 4.39 Å². The average Bonchev–Trinajstić information content (AvgIpc) is 2.91. The van der Waals surface area contributed by atoms with E-state index >= 15 is 0 Å².